The Morgan fingerprint density at radius 3 is 2.44 bits per heavy atom. The van der Waals surface area contributed by atoms with Crippen LogP contribution in [-0.2, 0) is 6.54 Å². The van der Waals surface area contributed by atoms with Crippen LogP contribution >= 0.6 is 0 Å². The van der Waals surface area contributed by atoms with Crippen molar-refractivity contribution in [1.29, 1.82) is 0 Å². The average Bonchev–Trinajstić information content (AvgIpc) is 2.82. The second-order valence-corrected chi connectivity index (χ2v) is 5.35. The molecule has 1 aromatic carbocycles. The maximum absolute atomic E-state index is 10.8. The van der Waals surface area contributed by atoms with Gasteiger partial charge >= 0.3 is 5.97 Å². The van der Waals surface area contributed by atoms with Gasteiger partial charge < -0.3 is 10.0 Å². The van der Waals surface area contributed by atoms with Crippen LogP contribution in [0.25, 0.3) is 0 Å². The number of benzene rings is 1. The minimum absolute atomic E-state index is 0.359. The normalized spacial score (nSPS) is 16.3. The van der Waals surface area contributed by atoms with Crippen molar-refractivity contribution in [3.05, 3.63) is 35.4 Å². The maximum atomic E-state index is 10.8. The smallest absolute Gasteiger partial charge is 0.335 e. The van der Waals surface area contributed by atoms with Crippen LogP contribution < -0.4 is 0 Å². The van der Waals surface area contributed by atoms with Crippen LogP contribution in [0.5, 0.6) is 0 Å². The third-order valence-electron chi connectivity index (χ3n) is 3.70. The van der Waals surface area contributed by atoms with Gasteiger partial charge in [-0.25, -0.2) is 4.79 Å². The van der Waals surface area contributed by atoms with Crippen molar-refractivity contribution in [3.8, 4) is 0 Å². The monoisotopic (exact) mass is 247 g/mol. The highest BCUT2D eigenvalue weighted by molar-refractivity contribution is 5.87. The first-order chi connectivity index (χ1) is 8.65. The van der Waals surface area contributed by atoms with Gasteiger partial charge in [0.05, 0.1) is 5.56 Å². The molecule has 1 aliphatic carbocycles. The van der Waals surface area contributed by atoms with E-state index in [1.807, 2.05) is 12.1 Å². The zero-order valence-corrected chi connectivity index (χ0v) is 10.9. The fraction of sp³-hybridized carbons (Fsp3) is 0.533. The van der Waals surface area contributed by atoms with E-state index in [0.717, 1.165) is 19.0 Å². The predicted octanol–water partition coefficient (Wildman–Crippen LogP) is 3.01. The Balaban J connectivity index is 1.86. The fourth-order valence-corrected chi connectivity index (χ4v) is 2.76. The second kappa shape index (κ2) is 6.01. The SMILES string of the molecule is CN(Cc1ccc(C(=O)O)cc1)CC1CCCC1. The van der Waals surface area contributed by atoms with Gasteiger partial charge in [0.1, 0.15) is 0 Å². The number of aromatic carboxylic acids is 1. The molecular formula is C15H21NO2. The molecule has 1 N–H and O–H groups in total. The maximum Gasteiger partial charge on any atom is 0.335 e. The molecule has 0 atom stereocenters. The van der Waals surface area contributed by atoms with Gasteiger partial charge in [0.2, 0.25) is 0 Å². The Morgan fingerprint density at radius 2 is 1.89 bits per heavy atom. The largest absolute Gasteiger partial charge is 0.478 e. The molecule has 3 heteroatoms. The standard InChI is InChI=1S/C15H21NO2/c1-16(10-12-4-2-3-5-12)11-13-6-8-14(9-7-13)15(17)18/h6-9,12H,2-5,10-11H2,1H3,(H,17,18). The van der Waals surface area contributed by atoms with Crippen molar-refractivity contribution in [2.24, 2.45) is 5.92 Å². The molecule has 0 unspecified atom stereocenters. The zero-order chi connectivity index (χ0) is 13.0. The highest BCUT2D eigenvalue weighted by atomic mass is 16.4. The quantitative estimate of drug-likeness (QED) is 0.869. The van der Waals surface area contributed by atoms with Crippen LogP contribution in [0.15, 0.2) is 24.3 Å². The van der Waals surface area contributed by atoms with E-state index in [4.69, 9.17) is 5.11 Å². The summed E-state index contributed by atoms with van der Waals surface area (Å²) in [5.41, 5.74) is 1.54. The number of hydrogen-bond donors (Lipinski definition) is 1. The highest BCUT2D eigenvalue weighted by Crippen LogP contribution is 2.25. The Morgan fingerprint density at radius 1 is 1.28 bits per heavy atom. The summed E-state index contributed by atoms with van der Waals surface area (Å²) in [6.45, 7) is 2.05. The molecule has 0 heterocycles. The zero-order valence-electron chi connectivity index (χ0n) is 10.9. The number of carboxylic acids is 1. The number of rotatable bonds is 5. The van der Waals surface area contributed by atoms with E-state index in [1.54, 1.807) is 12.1 Å². The van der Waals surface area contributed by atoms with Crippen LogP contribution in [0.4, 0.5) is 0 Å². The van der Waals surface area contributed by atoms with Crippen LogP contribution in [0.2, 0.25) is 0 Å². The Bertz CT molecular complexity index is 393. The molecule has 1 aromatic rings. The molecule has 0 aromatic heterocycles. The number of carboxylic acid groups (broad SMARTS) is 1. The summed E-state index contributed by atoms with van der Waals surface area (Å²) in [6.07, 6.45) is 5.49. The summed E-state index contributed by atoms with van der Waals surface area (Å²) in [4.78, 5) is 13.1. The molecule has 0 saturated heterocycles. The molecule has 0 spiro atoms. The van der Waals surface area contributed by atoms with Crippen LogP contribution in [0.1, 0.15) is 41.6 Å². The molecule has 98 valence electrons. The topological polar surface area (TPSA) is 40.5 Å². The Labute approximate surface area is 108 Å². The molecule has 1 fully saturated rings. The first-order valence-corrected chi connectivity index (χ1v) is 6.66. The number of nitrogens with zero attached hydrogens (tertiary/aromatic N) is 1. The van der Waals surface area contributed by atoms with Crippen molar-refractivity contribution < 1.29 is 9.90 Å². The summed E-state index contributed by atoms with van der Waals surface area (Å²) in [5.74, 6) is -0.00541. The molecular weight excluding hydrogens is 226 g/mol. The van der Waals surface area contributed by atoms with Gasteiger partial charge in [-0.3, -0.25) is 0 Å². The molecule has 18 heavy (non-hydrogen) atoms. The van der Waals surface area contributed by atoms with Crippen LogP contribution in [0.3, 0.4) is 0 Å². The van der Waals surface area contributed by atoms with Gasteiger partial charge in [0, 0.05) is 13.1 Å². The van der Waals surface area contributed by atoms with Gasteiger partial charge in [0.25, 0.3) is 0 Å². The molecule has 0 bridgehead atoms. The van der Waals surface area contributed by atoms with E-state index in [2.05, 4.69) is 11.9 Å². The summed E-state index contributed by atoms with van der Waals surface area (Å²) in [7, 11) is 2.14. The van der Waals surface area contributed by atoms with Gasteiger partial charge in [-0.1, -0.05) is 25.0 Å². The van der Waals surface area contributed by atoms with E-state index in [-0.39, 0.29) is 0 Å². The summed E-state index contributed by atoms with van der Waals surface area (Å²) < 4.78 is 0. The molecule has 1 saturated carbocycles. The van der Waals surface area contributed by atoms with Crippen LogP contribution in [0, 0.1) is 5.92 Å². The summed E-state index contributed by atoms with van der Waals surface area (Å²) in [5, 5.41) is 8.84. The lowest BCUT2D eigenvalue weighted by Crippen LogP contribution is -2.24. The summed E-state index contributed by atoms with van der Waals surface area (Å²) >= 11 is 0. The van der Waals surface area contributed by atoms with Crippen molar-refractivity contribution in [2.75, 3.05) is 13.6 Å². The van der Waals surface area contributed by atoms with Crippen LogP contribution in [-0.4, -0.2) is 29.6 Å². The van der Waals surface area contributed by atoms with Gasteiger partial charge in [-0.2, -0.15) is 0 Å². The van der Waals surface area contributed by atoms with Gasteiger partial charge in [-0.15, -0.1) is 0 Å². The van der Waals surface area contributed by atoms with E-state index in [0.29, 0.717) is 5.56 Å². The number of hydrogen-bond acceptors (Lipinski definition) is 2. The molecule has 0 aliphatic heterocycles. The van der Waals surface area contributed by atoms with Crippen molar-refractivity contribution in [1.82, 2.24) is 4.90 Å². The van der Waals surface area contributed by atoms with E-state index in [1.165, 1.54) is 31.2 Å². The van der Waals surface area contributed by atoms with Crippen molar-refractivity contribution >= 4 is 5.97 Å². The Hall–Kier alpha value is -1.35. The van der Waals surface area contributed by atoms with E-state index in [9.17, 15) is 4.79 Å². The van der Waals surface area contributed by atoms with Crippen molar-refractivity contribution in [2.45, 2.75) is 32.2 Å². The molecule has 1 aliphatic rings. The minimum Gasteiger partial charge on any atom is -0.478 e. The predicted molar refractivity (Wildman–Crippen MR) is 71.7 cm³/mol. The first kappa shape index (κ1) is 13.1. The first-order valence-electron chi connectivity index (χ1n) is 6.66. The lowest BCUT2D eigenvalue weighted by Gasteiger charge is -2.20. The lowest BCUT2D eigenvalue weighted by atomic mass is 10.1. The van der Waals surface area contributed by atoms with E-state index >= 15 is 0 Å². The van der Waals surface area contributed by atoms with Gasteiger partial charge in [0.15, 0.2) is 0 Å². The molecule has 0 amide bonds. The highest BCUT2D eigenvalue weighted by Gasteiger charge is 2.16. The van der Waals surface area contributed by atoms with E-state index < -0.39 is 5.97 Å². The Kier molecular flexibility index (Phi) is 4.37. The fourth-order valence-electron chi connectivity index (χ4n) is 2.76. The lowest BCUT2D eigenvalue weighted by molar-refractivity contribution is 0.0697. The number of carbonyl (C=O) groups is 1. The minimum atomic E-state index is -0.860. The average molecular weight is 247 g/mol. The molecule has 0 radical (unpaired) electrons. The van der Waals surface area contributed by atoms with Gasteiger partial charge in [-0.05, 0) is 43.5 Å². The summed E-state index contributed by atoms with van der Waals surface area (Å²) in [6, 6.07) is 7.19. The van der Waals surface area contributed by atoms with Crippen molar-refractivity contribution in [3.63, 3.8) is 0 Å². The molecule has 2 rings (SSSR count). The molecule has 3 nitrogen and oxygen atoms in total. The second-order valence-electron chi connectivity index (χ2n) is 5.35. The third-order valence-corrected chi connectivity index (χ3v) is 3.70. The third kappa shape index (κ3) is 3.57.